The number of carbonyl (C=O) groups excluding carboxylic acids is 2. The number of hydrogen-bond acceptors (Lipinski definition) is 5. The normalized spacial score (nSPS) is 17.5. The minimum atomic E-state index is -0.898. The van der Waals surface area contributed by atoms with E-state index in [4.69, 9.17) is 4.74 Å². The Hall–Kier alpha value is -2.47. The lowest BCUT2D eigenvalue weighted by atomic mass is 9.82. The molecule has 2 aromatic rings. The first-order valence-corrected chi connectivity index (χ1v) is 12.3. The van der Waals surface area contributed by atoms with Crippen LogP contribution in [0.15, 0.2) is 36.5 Å². The second-order valence-electron chi connectivity index (χ2n) is 9.84. The molecule has 6 nitrogen and oxygen atoms in total. The lowest BCUT2D eigenvalue weighted by molar-refractivity contribution is -0.127. The van der Waals surface area contributed by atoms with E-state index in [0.29, 0.717) is 30.2 Å². The number of rotatable bonds is 10. The first-order valence-electron chi connectivity index (χ1n) is 12.3. The van der Waals surface area contributed by atoms with Crippen LogP contribution in [0.1, 0.15) is 75.6 Å². The molecular formula is C27H38N2O4. The molecule has 1 aliphatic rings. The highest BCUT2D eigenvalue weighted by molar-refractivity contribution is 5.93. The zero-order valence-electron chi connectivity index (χ0n) is 20.1. The SMILES string of the molecule is CNC(=O)[C@@H](CC(C)C)C[C@H](O)[C@H](CC1CCCCC1)OC(=O)c1cnc2ccccc2c1. The third-order valence-corrected chi connectivity index (χ3v) is 6.70. The number of esters is 1. The Kier molecular flexibility index (Phi) is 9.24. The maximum Gasteiger partial charge on any atom is 0.340 e. The Morgan fingerprint density at radius 3 is 2.58 bits per heavy atom. The summed E-state index contributed by atoms with van der Waals surface area (Å²) in [5, 5.41) is 14.7. The molecule has 3 rings (SSSR count). The molecule has 1 aliphatic carbocycles. The maximum atomic E-state index is 13.0. The van der Waals surface area contributed by atoms with E-state index in [0.717, 1.165) is 23.7 Å². The summed E-state index contributed by atoms with van der Waals surface area (Å²) in [6, 6.07) is 9.40. The van der Waals surface area contributed by atoms with Gasteiger partial charge in [0.2, 0.25) is 5.91 Å². The summed E-state index contributed by atoms with van der Waals surface area (Å²) >= 11 is 0. The van der Waals surface area contributed by atoms with Gasteiger partial charge in [0.1, 0.15) is 6.10 Å². The quantitative estimate of drug-likeness (QED) is 0.499. The lowest BCUT2D eigenvalue weighted by Crippen LogP contribution is -2.38. The number of benzene rings is 1. The number of aromatic nitrogens is 1. The van der Waals surface area contributed by atoms with E-state index in [-0.39, 0.29) is 18.2 Å². The van der Waals surface area contributed by atoms with Crippen molar-refractivity contribution in [1.29, 1.82) is 0 Å². The van der Waals surface area contributed by atoms with E-state index in [1.165, 1.54) is 25.5 Å². The largest absolute Gasteiger partial charge is 0.456 e. The molecule has 0 bridgehead atoms. The summed E-state index contributed by atoms with van der Waals surface area (Å²) in [6.45, 7) is 4.13. The Labute approximate surface area is 197 Å². The van der Waals surface area contributed by atoms with E-state index in [2.05, 4.69) is 24.1 Å². The van der Waals surface area contributed by atoms with Crippen molar-refractivity contribution in [2.45, 2.75) is 77.4 Å². The number of amides is 1. The van der Waals surface area contributed by atoms with Gasteiger partial charge in [0, 0.05) is 24.5 Å². The third-order valence-electron chi connectivity index (χ3n) is 6.70. The van der Waals surface area contributed by atoms with Gasteiger partial charge in [0.25, 0.3) is 0 Å². The van der Waals surface area contributed by atoms with Gasteiger partial charge < -0.3 is 15.2 Å². The first kappa shape index (κ1) is 25.2. The molecule has 6 heteroatoms. The van der Waals surface area contributed by atoms with Crippen LogP contribution >= 0.6 is 0 Å². The molecule has 1 aromatic carbocycles. The number of ether oxygens (including phenoxy) is 1. The molecule has 33 heavy (non-hydrogen) atoms. The highest BCUT2D eigenvalue weighted by Gasteiger charge is 2.32. The van der Waals surface area contributed by atoms with Crippen molar-refractivity contribution in [3.8, 4) is 0 Å². The van der Waals surface area contributed by atoms with Gasteiger partial charge >= 0.3 is 5.97 Å². The predicted octanol–water partition coefficient (Wildman–Crippen LogP) is 4.89. The van der Waals surface area contributed by atoms with Crippen molar-refractivity contribution >= 4 is 22.8 Å². The van der Waals surface area contributed by atoms with Gasteiger partial charge in [-0.1, -0.05) is 64.2 Å². The zero-order chi connectivity index (χ0) is 23.8. The van der Waals surface area contributed by atoms with Crippen LogP contribution in [0.2, 0.25) is 0 Å². The molecule has 0 aliphatic heterocycles. The fraction of sp³-hybridized carbons (Fsp3) is 0.593. The molecule has 0 radical (unpaired) electrons. The zero-order valence-corrected chi connectivity index (χ0v) is 20.1. The molecule has 1 heterocycles. The highest BCUT2D eigenvalue weighted by atomic mass is 16.6. The van der Waals surface area contributed by atoms with E-state index in [1.807, 2.05) is 24.3 Å². The summed E-state index contributed by atoms with van der Waals surface area (Å²) in [4.78, 5) is 29.8. The van der Waals surface area contributed by atoms with Gasteiger partial charge in [0.05, 0.1) is 17.2 Å². The van der Waals surface area contributed by atoms with Gasteiger partial charge in [-0.05, 0) is 43.2 Å². The number of nitrogens with one attached hydrogen (secondary N) is 1. The Balaban J connectivity index is 1.76. The minimum Gasteiger partial charge on any atom is -0.456 e. The fourth-order valence-corrected chi connectivity index (χ4v) is 4.95. The molecule has 3 atom stereocenters. The molecule has 2 N–H and O–H groups in total. The average molecular weight is 455 g/mol. The van der Waals surface area contributed by atoms with Crippen molar-refractivity contribution in [1.82, 2.24) is 10.3 Å². The summed E-state index contributed by atoms with van der Waals surface area (Å²) in [7, 11) is 1.62. The van der Waals surface area contributed by atoms with Crippen molar-refractivity contribution < 1.29 is 19.4 Å². The van der Waals surface area contributed by atoms with E-state index < -0.39 is 18.2 Å². The highest BCUT2D eigenvalue weighted by Crippen LogP contribution is 2.31. The minimum absolute atomic E-state index is 0.0794. The molecule has 1 aromatic heterocycles. The first-order chi connectivity index (χ1) is 15.9. The number of nitrogens with zero attached hydrogens (tertiary/aromatic N) is 1. The van der Waals surface area contributed by atoms with Crippen LogP contribution in [0.5, 0.6) is 0 Å². The Morgan fingerprint density at radius 2 is 1.88 bits per heavy atom. The number of aliphatic hydroxyl groups is 1. The Bertz CT molecular complexity index is 923. The van der Waals surface area contributed by atoms with Gasteiger partial charge in [0.15, 0.2) is 0 Å². The predicted molar refractivity (Wildman–Crippen MR) is 130 cm³/mol. The van der Waals surface area contributed by atoms with Gasteiger partial charge in [-0.3, -0.25) is 9.78 Å². The molecular weight excluding hydrogens is 416 g/mol. The maximum absolute atomic E-state index is 13.0. The summed E-state index contributed by atoms with van der Waals surface area (Å²) in [6.07, 6.45) is 7.31. The van der Waals surface area contributed by atoms with Gasteiger partial charge in [-0.25, -0.2) is 4.79 Å². The van der Waals surface area contributed by atoms with Crippen LogP contribution in [-0.2, 0) is 9.53 Å². The fourth-order valence-electron chi connectivity index (χ4n) is 4.95. The summed E-state index contributed by atoms with van der Waals surface area (Å²) in [5.41, 5.74) is 1.19. The summed E-state index contributed by atoms with van der Waals surface area (Å²) in [5.74, 6) is -0.135. The molecule has 1 amide bonds. The van der Waals surface area contributed by atoms with Crippen molar-refractivity contribution in [2.24, 2.45) is 17.8 Å². The van der Waals surface area contributed by atoms with E-state index >= 15 is 0 Å². The van der Waals surface area contributed by atoms with Crippen LogP contribution in [-0.4, -0.2) is 41.2 Å². The number of pyridine rings is 1. The van der Waals surface area contributed by atoms with Crippen molar-refractivity contribution in [3.05, 3.63) is 42.1 Å². The Morgan fingerprint density at radius 1 is 1.15 bits per heavy atom. The van der Waals surface area contributed by atoms with Crippen LogP contribution in [0.4, 0.5) is 0 Å². The number of fused-ring (bicyclic) bond motifs is 1. The molecule has 0 unspecified atom stereocenters. The van der Waals surface area contributed by atoms with Crippen LogP contribution < -0.4 is 5.32 Å². The van der Waals surface area contributed by atoms with E-state index in [9.17, 15) is 14.7 Å². The number of hydrogen-bond donors (Lipinski definition) is 2. The lowest BCUT2D eigenvalue weighted by Gasteiger charge is -2.31. The smallest absolute Gasteiger partial charge is 0.340 e. The van der Waals surface area contributed by atoms with Crippen molar-refractivity contribution in [2.75, 3.05) is 7.05 Å². The average Bonchev–Trinajstić information content (AvgIpc) is 2.82. The van der Waals surface area contributed by atoms with Gasteiger partial charge in [-0.15, -0.1) is 0 Å². The second kappa shape index (κ2) is 12.1. The standard InChI is InChI=1S/C27H38N2O4/c1-18(2)13-21(26(31)28-3)16-24(30)25(14-19-9-5-4-6-10-19)33-27(32)22-15-20-11-7-8-12-23(20)29-17-22/h7-8,11-12,15,17-19,21,24-25,30H,4-6,9-10,13-14,16H2,1-3H3,(H,28,31)/t21-,24-,25-/m0/s1. The number of para-hydroxylation sites is 1. The second-order valence-corrected chi connectivity index (χ2v) is 9.84. The van der Waals surface area contributed by atoms with Crippen molar-refractivity contribution in [3.63, 3.8) is 0 Å². The van der Waals surface area contributed by atoms with E-state index in [1.54, 1.807) is 13.1 Å². The molecule has 1 fully saturated rings. The monoisotopic (exact) mass is 454 g/mol. The van der Waals surface area contributed by atoms with Crippen LogP contribution in [0.3, 0.4) is 0 Å². The molecule has 0 saturated heterocycles. The third kappa shape index (κ3) is 7.26. The topological polar surface area (TPSA) is 88.5 Å². The number of aliphatic hydroxyl groups excluding tert-OH is 1. The van der Waals surface area contributed by atoms with Crippen LogP contribution in [0.25, 0.3) is 10.9 Å². The number of carbonyl (C=O) groups is 2. The molecule has 1 saturated carbocycles. The van der Waals surface area contributed by atoms with Gasteiger partial charge in [-0.2, -0.15) is 0 Å². The molecule has 180 valence electrons. The van der Waals surface area contributed by atoms with Crippen LogP contribution in [0, 0.1) is 17.8 Å². The molecule has 0 spiro atoms. The summed E-state index contributed by atoms with van der Waals surface area (Å²) < 4.78 is 5.91.